The van der Waals surface area contributed by atoms with Crippen molar-refractivity contribution in [1.82, 2.24) is 19.4 Å². The molecule has 1 aromatic heterocycles. The number of aliphatic carboxylic acids is 1. The van der Waals surface area contributed by atoms with E-state index >= 15 is 0 Å². The molecule has 9 nitrogen and oxygen atoms in total. The molecule has 1 aliphatic rings. The van der Waals surface area contributed by atoms with E-state index in [1.165, 1.54) is 36.3 Å². The lowest BCUT2D eigenvalue weighted by Crippen LogP contribution is -2.49. The smallest absolute Gasteiger partial charge is 0.325 e. The quantitative estimate of drug-likeness (QED) is 0.290. The van der Waals surface area contributed by atoms with Crippen molar-refractivity contribution >= 4 is 33.5 Å². The number of sulfonamides is 1. The third-order valence-corrected chi connectivity index (χ3v) is 9.43. The van der Waals surface area contributed by atoms with Gasteiger partial charge in [-0.05, 0) is 47.4 Å². The maximum Gasteiger partial charge on any atom is 0.325 e. The van der Waals surface area contributed by atoms with Gasteiger partial charge in [0.2, 0.25) is 10.0 Å². The van der Waals surface area contributed by atoms with Crippen LogP contribution in [0.5, 0.6) is 0 Å². The number of carbonyl (C=O) groups excluding carboxylic acids is 1. The van der Waals surface area contributed by atoms with E-state index in [4.69, 9.17) is 11.6 Å². The number of carboxylic acid groups (broad SMARTS) is 1. The topological polar surface area (TPSA) is 122 Å². The highest BCUT2D eigenvalue weighted by Crippen LogP contribution is 2.57. The molecular formula is C29H27ClN4O5S. The van der Waals surface area contributed by atoms with Crippen molar-refractivity contribution in [3.63, 3.8) is 0 Å². The average molecular weight is 579 g/mol. The molecule has 2 unspecified atom stereocenters. The Morgan fingerprint density at radius 3 is 2.27 bits per heavy atom. The first kappa shape index (κ1) is 27.6. The molecule has 0 spiro atoms. The lowest BCUT2D eigenvalue weighted by atomic mass is 10.1. The molecule has 4 aromatic rings. The summed E-state index contributed by atoms with van der Waals surface area (Å²) in [6.07, 6.45) is 3.01. The van der Waals surface area contributed by atoms with Crippen LogP contribution < -0.4 is 5.32 Å². The second kappa shape index (κ2) is 10.9. The first-order valence-electron chi connectivity index (χ1n) is 12.6. The second-order valence-electron chi connectivity index (χ2n) is 9.58. The van der Waals surface area contributed by atoms with E-state index in [1.54, 1.807) is 36.4 Å². The van der Waals surface area contributed by atoms with Crippen LogP contribution in [0.4, 0.5) is 0 Å². The third-order valence-electron chi connectivity index (χ3n) is 7.22. The number of benzene rings is 3. The first-order chi connectivity index (χ1) is 19.2. The number of halogens is 1. The number of hydrogen-bond acceptors (Lipinski definition) is 5. The van der Waals surface area contributed by atoms with Crippen LogP contribution in [0.15, 0.2) is 96.2 Å². The van der Waals surface area contributed by atoms with Gasteiger partial charge in [0.25, 0.3) is 5.91 Å². The molecule has 5 rings (SSSR count). The van der Waals surface area contributed by atoms with E-state index in [0.717, 1.165) is 21.0 Å². The summed E-state index contributed by atoms with van der Waals surface area (Å²) >= 11 is 5.99. The Balaban J connectivity index is 1.50. The zero-order valence-corrected chi connectivity index (χ0v) is 23.1. The minimum absolute atomic E-state index is 0.0175. The predicted molar refractivity (Wildman–Crippen MR) is 151 cm³/mol. The summed E-state index contributed by atoms with van der Waals surface area (Å²) in [5.74, 6) is -2.06. The Morgan fingerprint density at radius 1 is 1.05 bits per heavy atom. The third kappa shape index (κ3) is 5.13. The average Bonchev–Trinajstić information content (AvgIpc) is 3.54. The van der Waals surface area contributed by atoms with Gasteiger partial charge in [-0.2, -0.15) is 9.40 Å². The molecule has 206 valence electrons. The fraction of sp³-hybridized carbons (Fsp3) is 0.207. The number of hydrogen-bond donors (Lipinski definition) is 2. The van der Waals surface area contributed by atoms with Crippen molar-refractivity contribution in [2.75, 3.05) is 13.6 Å². The molecular weight excluding hydrogens is 552 g/mol. The van der Waals surface area contributed by atoms with Crippen LogP contribution in [0, 0.1) is 0 Å². The molecule has 1 fully saturated rings. The number of nitrogens with one attached hydrogen (secondary N) is 1. The highest BCUT2D eigenvalue weighted by Gasteiger charge is 2.67. The standard InChI is InChI=1S/C29H27ClN4O5S/c1-31-27(35)23-18-32-33(19-23)15-16-34(29(28(36)37)17-26(29)22-5-3-2-4-6-22)40(38,39)25-13-9-21(10-14-25)20-7-11-24(30)12-8-20/h2-14,18-19,26H,15-17H2,1H3,(H,31,35)(H,36,37). The van der Waals surface area contributed by atoms with Gasteiger partial charge in [0, 0.05) is 30.7 Å². The van der Waals surface area contributed by atoms with Gasteiger partial charge in [0.05, 0.1) is 23.2 Å². The Kier molecular flexibility index (Phi) is 7.50. The Hall–Kier alpha value is -3.99. The number of carbonyl (C=O) groups is 2. The molecule has 1 amide bonds. The molecule has 0 aliphatic heterocycles. The van der Waals surface area contributed by atoms with E-state index in [1.807, 2.05) is 30.3 Å². The van der Waals surface area contributed by atoms with Gasteiger partial charge in [-0.15, -0.1) is 0 Å². The van der Waals surface area contributed by atoms with Crippen molar-refractivity contribution in [3.8, 4) is 11.1 Å². The lowest BCUT2D eigenvalue weighted by Gasteiger charge is -2.29. The maximum absolute atomic E-state index is 14.1. The summed E-state index contributed by atoms with van der Waals surface area (Å²) < 4.78 is 30.8. The summed E-state index contributed by atoms with van der Waals surface area (Å²) in [6, 6.07) is 22.6. The van der Waals surface area contributed by atoms with Crippen LogP contribution >= 0.6 is 11.6 Å². The molecule has 0 radical (unpaired) electrons. The van der Waals surface area contributed by atoms with Crippen molar-refractivity contribution in [2.24, 2.45) is 0 Å². The number of rotatable bonds is 10. The van der Waals surface area contributed by atoms with Gasteiger partial charge in [-0.1, -0.05) is 66.2 Å². The molecule has 0 bridgehead atoms. The largest absolute Gasteiger partial charge is 0.480 e. The summed E-state index contributed by atoms with van der Waals surface area (Å²) in [5.41, 5.74) is 1.07. The first-order valence-corrected chi connectivity index (χ1v) is 14.4. The Morgan fingerprint density at radius 2 is 1.68 bits per heavy atom. The van der Waals surface area contributed by atoms with Crippen LogP contribution in [0.1, 0.15) is 28.3 Å². The number of nitrogens with zero attached hydrogens (tertiary/aromatic N) is 3. The van der Waals surface area contributed by atoms with Crippen LogP contribution in [0.25, 0.3) is 11.1 Å². The second-order valence-corrected chi connectivity index (χ2v) is 11.9. The van der Waals surface area contributed by atoms with E-state index in [-0.39, 0.29) is 30.3 Å². The van der Waals surface area contributed by atoms with Gasteiger partial charge in [-0.3, -0.25) is 14.3 Å². The molecule has 2 atom stereocenters. The molecule has 3 aromatic carbocycles. The maximum atomic E-state index is 14.1. The summed E-state index contributed by atoms with van der Waals surface area (Å²) in [7, 11) is -2.76. The summed E-state index contributed by atoms with van der Waals surface area (Å²) in [4.78, 5) is 24.7. The van der Waals surface area contributed by atoms with Crippen molar-refractivity contribution < 1.29 is 23.1 Å². The predicted octanol–water partition coefficient (Wildman–Crippen LogP) is 4.26. The highest BCUT2D eigenvalue weighted by molar-refractivity contribution is 7.89. The van der Waals surface area contributed by atoms with E-state index in [0.29, 0.717) is 10.6 Å². The Bertz CT molecular complexity index is 1640. The zero-order chi connectivity index (χ0) is 28.5. The van der Waals surface area contributed by atoms with E-state index in [2.05, 4.69) is 10.4 Å². The number of aromatic nitrogens is 2. The molecule has 1 saturated carbocycles. The van der Waals surface area contributed by atoms with Gasteiger partial charge in [-0.25, -0.2) is 8.42 Å². The number of amides is 1. The fourth-order valence-electron chi connectivity index (χ4n) is 5.01. The fourth-order valence-corrected chi connectivity index (χ4v) is 6.90. The minimum Gasteiger partial charge on any atom is -0.480 e. The molecule has 0 saturated heterocycles. The van der Waals surface area contributed by atoms with Crippen LogP contribution in [-0.4, -0.2) is 58.6 Å². The van der Waals surface area contributed by atoms with Crippen LogP contribution in [-0.2, 0) is 21.4 Å². The summed E-state index contributed by atoms with van der Waals surface area (Å²) in [5, 5.41) is 17.7. The van der Waals surface area contributed by atoms with Crippen LogP contribution in [0.3, 0.4) is 0 Å². The van der Waals surface area contributed by atoms with E-state index < -0.39 is 27.4 Å². The SMILES string of the molecule is CNC(=O)c1cnn(CCN(C2(C(=O)O)CC2c2ccccc2)S(=O)(=O)c2ccc(-c3ccc(Cl)cc3)cc2)c1. The van der Waals surface area contributed by atoms with E-state index in [9.17, 15) is 23.1 Å². The Labute approximate surface area is 237 Å². The van der Waals surface area contributed by atoms with Gasteiger partial charge in [0.1, 0.15) is 5.54 Å². The lowest BCUT2D eigenvalue weighted by molar-refractivity contribution is -0.143. The van der Waals surface area contributed by atoms with Crippen molar-refractivity contribution in [3.05, 3.63) is 107 Å². The molecule has 1 aliphatic carbocycles. The zero-order valence-electron chi connectivity index (χ0n) is 21.6. The van der Waals surface area contributed by atoms with Crippen molar-refractivity contribution in [2.45, 2.75) is 29.3 Å². The normalized spacial score (nSPS) is 18.4. The molecule has 40 heavy (non-hydrogen) atoms. The van der Waals surface area contributed by atoms with Crippen molar-refractivity contribution in [1.29, 1.82) is 0 Å². The molecule has 1 heterocycles. The highest BCUT2D eigenvalue weighted by atomic mass is 35.5. The van der Waals surface area contributed by atoms with Gasteiger partial charge < -0.3 is 10.4 Å². The monoisotopic (exact) mass is 578 g/mol. The van der Waals surface area contributed by atoms with Gasteiger partial charge >= 0.3 is 5.97 Å². The number of carboxylic acids is 1. The summed E-state index contributed by atoms with van der Waals surface area (Å²) in [6.45, 7) is -0.110. The van der Waals surface area contributed by atoms with Crippen LogP contribution in [0.2, 0.25) is 5.02 Å². The minimum atomic E-state index is -4.26. The molecule has 2 N–H and O–H groups in total. The van der Waals surface area contributed by atoms with Gasteiger partial charge in [0.15, 0.2) is 0 Å². The molecule has 11 heteroatoms.